The Kier molecular flexibility index (Phi) is 6.01. The van der Waals surface area contributed by atoms with Gasteiger partial charge in [-0.3, -0.25) is 4.79 Å². The monoisotopic (exact) mass is 333 g/mol. The zero-order valence-electron chi connectivity index (χ0n) is 13.9. The second-order valence-electron chi connectivity index (χ2n) is 5.09. The molecule has 0 fully saturated rings. The average molecular weight is 333 g/mol. The van der Waals surface area contributed by atoms with Crippen molar-refractivity contribution in [2.75, 3.05) is 21.3 Å². The smallest absolute Gasteiger partial charge is 0.224 e. The molecular formula is C18H20FNO4. The third-order valence-electron chi connectivity index (χ3n) is 3.56. The summed E-state index contributed by atoms with van der Waals surface area (Å²) in [6.45, 7) is 0.246. The lowest BCUT2D eigenvalue weighted by atomic mass is 10.1. The molecule has 0 aliphatic heterocycles. The molecule has 2 rings (SSSR count). The highest BCUT2D eigenvalue weighted by atomic mass is 19.1. The van der Waals surface area contributed by atoms with E-state index in [2.05, 4.69) is 5.32 Å². The van der Waals surface area contributed by atoms with E-state index in [0.717, 1.165) is 5.56 Å². The summed E-state index contributed by atoms with van der Waals surface area (Å²) in [6, 6.07) is 9.29. The summed E-state index contributed by atoms with van der Waals surface area (Å²) in [5.41, 5.74) is 1.45. The second kappa shape index (κ2) is 8.19. The topological polar surface area (TPSA) is 56.8 Å². The molecule has 0 radical (unpaired) electrons. The Bertz CT molecular complexity index is 676. The van der Waals surface area contributed by atoms with E-state index in [1.807, 2.05) is 0 Å². The Labute approximate surface area is 140 Å². The van der Waals surface area contributed by atoms with Crippen molar-refractivity contribution in [2.45, 2.75) is 13.0 Å². The molecule has 1 amide bonds. The molecule has 0 atom stereocenters. The lowest BCUT2D eigenvalue weighted by Gasteiger charge is -2.15. The first-order chi connectivity index (χ1) is 11.6. The van der Waals surface area contributed by atoms with Gasteiger partial charge in [-0.15, -0.1) is 0 Å². The van der Waals surface area contributed by atoms with Crippen LogP contribution in [0.4, 0.5) is 4.39 Å². The van der Waals surface area contributed by atoms with Gasteiger partial charge < -0.3 is 19.5 Å². The number of methoxy groups -OCH3 is 3. The van der Waals surface area contributed by atoms with Gasteiger partial charge in [0.25, 0.3) is 0 Å². The molecule has 128 valence electrons. The number of carbonyl (C=O) groups excluding carboxylic acids is 1. The fourth-order valence-corrected chi connectivity index (χ4v) is 2.29. The summed E-state index contributed by atoms with van der Waals surface area (Å²) in [6.07, 6.45) is 0.168. The zero-order valence-corrected chi connectivity index (χ0v) is 13.9. The number of hydrogen-bond donors (Lipinski definition) is 1. The number of benzene rings is 2. The maximum Gasteiger partial charge on any atom is 0.224 e. The number of amides is 1. The molecule has 0 saturated carbocycles. The second-order valence-corrected chi connectivity index (χ2v) is 5.09. The van der Waals surface area contributed by atoms with E-state index in [1.54, 1.807) is 31.4 Å². The summed E-state index contributed by atoms with van der Waals surface area (Å²) in [4.78, 5) is 12.1. The Morgan fingerprint density at radius 1 is 1.00 bits per heavy atom. The van der Waals surface area contributed by atoms with Gasteiger partial charge in [0, 0.05) is 12.1 Å². The van der Waals surface area contributed by atoms with Gasteiger partial charge in [0.2, 0.25) is 5.91 Å². The van der Waals surface area contributed by atoms with E-state index >= 15 is 0 Å². The normalized spacial score (nSPS) is 10.2. The molecule has 0 unspecified atom stereocenters. The van der Waals surface area contributed by atoms with Gasteiger partial charge in [0.15, 0.2) is 0 Å². The predicted octanol–water partition coefficient (Wildman–Crippen LogP) is 2.71. The molecule has 24 heavy (non-hydrogen) atoms. The number of ether oxygens (including phenoxy) is 3. The highest BCUT2D eigenvalue weighted by molar-refractivity contribution is 5.78. The maximum absolute atomic E-state index is 12.9. The van der Waals surface area contributed by atoms with E-state index in [1.165, 1.54) is 26.4 Å². The van der Waals surface area contributed by atoms with Crippen LogP contribution >= 0.6 is 0 Å². The standard InChI is InChI=1S/C18H20FNO4/c1-22-14-9-16(23-2)15(17(10-14)24-3)11-20-18(21)8-12-4-6-13(19)7-5-12/h4-7,9-10H,8,11H2,1-3H3,(H,20,21). The van der Waals surface area contributed by atoms with Crippen molar-refractivity contribution in [1.82, 2.24) is 5.32 Å². The summed E-state index contributed by atoms with van der Waals surface area (Å²) < 4.78 is 28.8. The van der Waals surface area contributed by atoms with Crippen LogP contribution in [0.2, 0.25) is 0 Å². The lowest BCUT2D eigenvalue weighted by Crippen LogP contribution is -2.25. The van der Waals surface area contributed by atoms with Crippen molar-refractivity contribution in [3.05, 3.63) is 53.3 Å². The van der Waals surface area contributed by atoms with Crippen LogP contribution in [-0.4, -0.2) is 27.2 Å². The van der Waals surface area contributed by atoms with Crippen LogP contribution in [0, 0.1) is 5.82 Å². The summed E-state index contributed by atoms with van der Waals surface area (Å²) in [5, 5.41) is 2.82. The van der Waals surface area contributed by atoms with Crippen molar-refractivity contribution < 1.29 is 23.4 Å². The fourth-order valence-electron chi connectivity index (χ4n) is 2.29. The minimum atomic E-state index is -0.327. The van der Waals surface area contributed by atoms with E-state index in [9.17, 15) is 9.18 Å². The highest BCUT2D eigenvalue weighted by Crippen LogP contribution is 2.33. The number of rotatable bonds is 7. The molecule has 0 aromatic heterocycles. The largest absolute Gasteiger partial charge is 0.496 e. The summed E-state index contributed by atoms with van der Waals surface area (Å²) >= 11 is 0. The Morgan fingerprint density at radius 3 is 2.08 bits per heavy atom. The first-order valence-electron chi connectivity index (χ1n) is 7.37. The Hall–Kier alpha value is -2.76. The van der Waals surface area contributed by atoms with Crippen molar-refractivity contribution in [2.24, 2.45) is 0 Å². The van der Waals surface area contributed by atoms with Gasteiger partial charge in [-0.1, -0.05) is 12.1 Å². The molecule has 6 heteroatoms. The third kappa shape index (κ3) is 4.38. The molecule has 2 aromatic carbocycles. The van der Waals surface area contributed by atoms with E-state index in [4.69, 9.17) is 14.2 Å². The average Bonchev–Trinajstić information content (AvgIpc) is 2.61. The van der Waals surface area contributed by atoms with Crippen LogP contribution in [0.3, 0.4) is 0 Å². The van der Waals surface area contributed by atoms with Crippen LogP contribution in [-0.2, 0) is 17.8 Å². The van der Waals surface area contributed by atoms with Crippen LogP contribution in [0.5, 0.6) is 17.2 Å². The van der Waals surface area contributed by atoms with Gasteiger partial charge in [-0.05, 0) is 17.7 Å². The summed E-state index contributed by atoms with van der Waals surface area (Å²) in [5.74, 6) is 1.22. The molecule has 1 N–H and O–H groups in total. The van der Waals surface area contributed by atoms with Crippen molar-refractivity contribution >= 4 is 5.91 Å². The molecule has 0 spiro atoms. The predicted molar refractivity (Wildman–Crippen MR) is 88.0 cm³/mol. The van der Waals surface area contributed by atoms with E-state index in [0.29, 0.717) is 22.8 Å². The van der Waals surface area contributed by atoms with Crippen molar-refractivity contribution in [3.8, 4) is 17.2 Å². The molecule has 0 aliphatic rings. The van der Waals surface area contributed by atoms with Gasteiger partial charge in [0.1, 0.15) is 23.1 Å². The fraction of sp³-hybridized carbons (Fsp3) is 0.278. The molecule has 0 aliphatic carbocycles. The Morgan fingerprint density at radius 2 is 1.58 bits per heavy atom. The third-order valence-corrected chi connectivity index (χ3v) is 3.56. The Balaban J connectivity index is 2.07. The first kappa shape index (κ1) is 17.6. The van der Waals surface area contributed by atoms with Crippen molar-refractivity contribution in [3.63, 3.8) is 0 Å². The van der Waals surface area contributed by atoms with E-state index in [-0.39, 0.29) is 24.7 Å². The highest BCUT2D eigenvalue weighted by Gasteiger charge is 2.14. The summed E-state index contributed by atoms with van der Waals surface area (Å²) in [7, 11) is 4.63. The SMILES string of the molecule is COc1cc(OC)c(CNC(=O)Cc2ccc(F)cc2)c(OC)c1. The molecular weight excluding hydrogens is 313 g/mol. The molecule has 0 bridgehead atoms. The van der Waals surface area contributed by atoms with Crippen molar-refractivity contribution in [1.29, 1.82) is 0 Å². The number of nitrogens with one attached hydrogen (secondary N) is 1. The van der Waals surface area contributed by atoms with Gasteiger partial charge >= 0.3 is 0 Å². The number of halogens is 1. The minimum Gasteiger partial charge on any atom is -0.496 e. The first-order valence-corrected chi connectivity index (χ1v) is 7.37. The number of carbonyl (C=O) groups is 1. The van der Waals surface area contributed by atoms with E-state index < -0.39 is 0 Å². The van der Waals surface area contributed by atoms with Gasteiger partial charge in [-0.25, -0.2) is 4.39 Å². The van der Waals surface area contributed by atoms with Crippen LogP contribution in [0.15, 0.2) is 36.4 Å². The minimum absolute atomic E-state index is 0.168. The molecule has 0 heterocycles. The molecule has 0 saturated heterocycles. The molecule has 2 aromatic rings. The molecule has 5 nitrogen and oxygen atoms in total. The quantitative estimate of drug-likeness (QED) is 0.846. The van der Waals surface area contributed by atoms with Gasteiger partial charge in [0.05, 0.1) is 39.9 Å². The maximum atomic E-state index is 12.9. The lowest BCUT2D eigenvalue weighted by molar-refractivity contribution is -0.120. The van der Waals surface area contributed by atoms with Crippen LogP contribution in [0.1, 0.15) is 11.1 Å². The zero-order chi connectivity index (χ0) is 17.5. The number of hydrogen-bond acceptors (Lipinski definition) is 4. The van der Waals surface area contributed by atoms with Crippen LogP contribution < -0.4 is 19.5 Å². The van der Waals surface area contributed by atoms with Gasteiger partial charge in [-0.2, -0.15) is 0 Å². The van der Waals surface area contributed by atoms with Crippen LogP contribution in [0.25, 0.3) is 0 Å².